The zero-order valence-corrected chi connectivity index (χ0v) is 12.6. The number of fused-ring (bicyclic) bond motifs is 1. The molecule has 2 aromatic heterocycles. The molecule has 5 nitrogen and oxygen atoms in total. The summed E-state index contributed by atoms with van der Waals surface area (Å²) in [7, 11) is 3.67. The minimum Gasteiger partial charge on any atom is -0.383 e. The molecule has 21 heavy (non-hydrogen) atoms. The van der Waals surface area contributed by atoms with E-state index < -0.39 is 0 Å². The van der Waals surface area contributed by atoms with E-state index in [-0.39, 0.29) is 5.91 Å². The van der Waals surface area contributed by atoms with Crippen molar-refractivity contribution in [3.8, 4) is 0 Å². The summed E-state index contributed by atoms with van der Waals surface area (Å²) in [6.07, 6.45) is 5.46. The molecule has 1 aliphatic rings. The third-order valence-corrected chi connectivity index (χ3v) is 4.23. The first-order chi connectivity index (χ1) is 10.2. The van der Waals surface area contributed by atoms with Crippen molar-refractivity contribution in [2.45, 2.75) is 12.8 Å². The zero-order valence-electron chi connectivity index (χ0n) is 12.6. The Kier molecular flexibility index (Phi) is 3.92. The number of rotatable bonds is 5. The van der Waals surface area contributed by atoms with Crippen LogP contribution in [0.1, 0.15) is 12.0 Å². The van der Waals surface area contributed by atoms with Crippen LogP contribution < -0.4 is 0 Å². The van der Waals surface area contributed by atoms with Gasteiger partial charge in [0, 0.05) is 51.4 Å². The van der Waals surface area contributed by atoms with E-state index in [1.807, 2.05) is 28.9 Å². The van der Waals surface area contributed by atoms with Gasteiger partial charge in [0.15, 0.2) is 0 Å². The number of pyridine rings is 1. The molecule has 0 spiro atoms. The molecule has 1 atom stereocenters. The van der Waals surface area contributed by atoms with Gasteiger partial charge < -0.3 is 14.2 Å². The Bertz CT molecular complexity index is 650. The quantitative estimate of drug-likeness (QED) is 0.839. The van der Waals surface area contributed by atoms with E-state index in [4.69, 9.17) is 4.74 Å². The fourth-order valence-corrected chi connectivity index (χ4v) is 3.12. The van der Waals surface area contributed by atoms with Crippen LogP contribution in [0, 0.1) is 5.92 Å². The molecule has 0 aliphatic carbocycles. The van der Waals surface area contributed by atoms with Gasteiger partial charge in [-0.15, -0.1) is 0 Å². The predicted molar refractivity (Wildman–Crippen MR) is 81.0 cm³/mol. The predicted octanol–water partition coefficient (Wildman–Crippen LogP) is 1.61. The van der Waals surface area contributed by atoms with E-state index >= 15 is 0 Å². The lowest BCUT2D eigenvalue weighted by Gasteiger charge is -2.16. The van der Waals surface area contributed by atoms with Gasteiger partial charge in [0.05, 0.1) is 6.61 Å². The maximum Gasteiger partial charge on any atom is 0.223 e. The molecule has 0 bridgehead atoms. The van der Waals surface area contributed by atoms with Crippen LogP contribution >= 0.6 is 0 Å². The SMILES string of the molecule is COCCN1C[C@@H](Cc2ccnc3c2ccn3C)CC1=O. The molecule has 1 fully saturated rings. The molecule has 3 rings (SSSR count). The first-order valence-corrected chi connectivity index (χ1v) is 7.34. The number of hydrogen-bond acceptors (Lipinski definition) is 3. The Labute approximate surface area is 124 Å². The van der Waals surface area contributed by atoms with Crippen molar-refractivity contribution >= 4 is 16.9 Å². The molecule has 0 N–H and O–H groups in total. The first-order valence-electron chi connectivity index (χ1n) is 7.34. The second-order valence-electron chi connectivity index (χ2n) is 5.74. The highest BCUT2D eigenvalue weighted by Gasteiger charge is 2.29. The van der Waals surface area contributed by atoms with Crippen molar-refractivity contribution in [1.29, 1.82) is 0 Å². The summed E-state index contributed by atoms with van der Waals surface area (Å²) in [5.74, 6) is 0.635. The van der Waals surface area contributed by atoms with Gasteiger partial charge in [-0.2, -0.15) is 0 Å². The number of aryl methyl sites for hydroxylation is 1. The molecular weight excluding hydrogens is 266 g/mol. The monoisotopic (exact) mass is 287 g/mol. The van der Waals surface area contributed by atoms with Gasteiger partial charge in [-0.05, 0) is 30.0 Å². The molecule has 1 saturated heterocycles. The minimum atomic E-state index is 0.246. The molecule has 1 amide bonds. The van der Waals surface area contributed by atoms with E-state index in [1.54, 1.807) is 7.11 Å². The maximum atomic E-state index is 12.0. The molecule has 0 aromatic carbocycles. The van der Waals surface area contributed by atoms with Crippen LogP contribution in [0.3, 0.4) is 0 Å². The number of ether oxygens (including phenoxy) is 1. The smallest absolute Gasteiger partial charge is 0.223 e. The van der Waals surface area contributed by atoms with Crippen molar-refractivity contribution < 1.29 is 9.53 Å². The number of nitrogens with zero attached hydrogens (tertiary/aromatic N) is 3. The fraction of sp³-hybridized carbons (Fsp3) is 0.500. The Morgan fingerprint density at radius 1 is 1.43 bits per heavy atom. The summed E-state index contributed by atoms with van der Waals surface area (Å²) in [5, 5.41) is 1.20. The maximum absolute atomic E-state index is 12.0. The molecule has 1 aliphatic heterocycles. The largest absolute Gasteiger partial charge is 0.383 e. The molecular formula is C16H21N3O2. The second kappa shape index (κ2) is 5.85. The highest BCUT2D eigenvalue weighted by atomic mass is 16.5. The number of hydrogen-bond donors (Lipinski definition) is 0. The van der Waals surface area contributed by atoms with Crippen LogP contribution in [0.4, 0.5) is 0 Å². The van der Waals surface area contributed by atoms with Crippen molar-refractivity contribution in [2.75, 3.05) is 26.8 Å². The second-order valence-corrected chi connectivity index (χ2v) is 5.74. The lowest BCUT2D eigenvalue weighted by atomic mass is 9.97. The molecule has 0 unspecified atom stereocenters. The van der Waals surface area contributed by atoms with Crippen LogP contribution in [0.2, 0.25) is 0 Å². The first kappa shape index (κ1) is 14.1. The molecule has 0 saturated carbocycles. The summed E-state index contributed by atoms with van der Waals surface area (Å²) in [4.78, 5) is 18.3. The topological polar surface area (TPSA) is 47.4 Å². The van der Waals surface area contributed by atoms with Crippen LogP contribution in [0.15, 0.2) is 24.5 Å². The van der Waals surface area contributed by atoms with Crippen LogP contribution in [-0.4, -0.2) is 47.2 Å². The lowest BCUT2D eigenvalue weighted by molar-refractivity contribution is -0.128. The third-order valence-electron chi connectivity index (χ3n) is 4.23. The standard InChI is InChI=1S/C16H21N3O2/c1-18-6-4-14-13(3-5-17-16(14)18)9-12-10-15(20)19(11-12)7-8-21-2/h3-6,12H,7-11H2,1-2H3/t12-/m0/s1. The Balaban J connectivity index is 1.73. The summed E-state index contributed by atoms with van der Waals surface area (Å²) in [6.45, 7) is 2.14. The minimum absolute atomic E-state index is 0.246. The summed E-state index contributed by atoms with van der Waals surface area (Å²) in [6, 6.07) is 4.18. The van der Waals surface area contributed by atoms with E-state index in [0.717, 1.165) is 18.6 Å². The van der Waals surface area contributed by atoms with Crippen LogP contribution in [0.5, 0.6) is 0 Å². The van der Waals surface area contributed by atoms with Gasteiger partial charge in [-0.3, -0.25) is 4.79 Å². The number of aromatic nitrogens is 2. The lowest BCUT2D eigenvalue weighted by Crippen LogP contribution is -2.28. The van der Waals surface area contributed by atoms with Gasteiger partial charge >= 0.3 is 0 Å². The molecule has 5 heteroatoms. The van der Waals surface area contributed by atoms with E-state index in [1.165, 1.54) is 10.9 Å². The third kappa shape index (κ3) is 2.78. The van der Waals surface area contributed by atoms with Gasteiger partial charge in [-0.1, -0.05) is 0 Å². The summed E-state index contributed by atoms with van der Waals surface area (Å²) in [5.41, 5.74) is 2.29. The van der Waals surface area contributed by atoms with Crippen LogP contribution in [-0.2, 0) is 23.0 Å². The fourth-order valence-electron chi connectivity index (χ4n) is 3.12. The van der Waals surface area contributed by atoms with Crippen molar-refractivity contribution in [1.82, 2.24) is 14.5 Å². The van der Waals surface area contributed by atoms with E-state index in [0.29, 0.717) is 25.5 Å². The molecule has 3 heterocycles. The average Bonchev–Trinajstić information content (AvgIpc) is 3.01. The highest BCUT2D eigenvalue weighted by Crippen LogP contribution is 2.25. The van der Waals surface area contributed by atoms with Crippen LogP contribution in [0.25, 0.3) is 11.0 Å². The highest BCUT2D eigenvalue weighted by molar-refractivity contribution is 5.81. The van der Waals surface area contributed by atoms with E-state index in [2.05, 4.69) is 17.1 Å². The number of carbonyl (C=O) groups is 1. The Hall–Kier alpha value is -1.88. The van der Waals surface area contributed by atoms with Crippen molar-refractivity contribution in [3.05, 3.63) is 30.1 Å². The van der Waals surface area contributed by atoms with Crippen molar-refractivity contribution in [2.24, 2.45) is 13.0 Å². The van der Waals surface area contributed by atoms with E-state index in [9.17, 15) is 4.79 Å². The molecule has 2 aromatic rings. The Morgan fingerprint density at radius 2 is 2.29 bits per heavy atom. The normalized spacial score (nSPS) is 18.9. The van der Waals surface area contributed by atoms with Gasteiger partial charge in [-0.25, -0.2) is 4.98 Å². The number of likely N-dealkylation sites (tertiary alicyclic amines) is 1. The number of methoxy groups -OCH3 is 1. The van der Waals surface area contributed by atoms with Gasteiger partial charge in [0.25, 0.3) is 0 Å². The van der Waals surface area contributed by atoms with Gasteiger partial charge in [0.1, 0.15) is 5.65 Å². The summed E-state index contributed by atoms with van der Waals surface area (Å²) < 4.78 is 7.09. The Morgan fingerprint density at radius 3 is 3.10 bits per heavy atom. The molecule has 112 valence electrons. The number of amides is 1. The average molecular weight is 287 g/mol. The summed E-state index contributed by atoms with van der Waals surface area (Å²) >= 11 is 0. The van der Waals surface area contributed by atoms with Gasteiger partial charge in [0.2, 0.25) is 5.91 Å². The number of carbonyl (C=O) groups excluding carboxylic acids is 1. The molecule has 0 radical (unpaired) electrons. The zero-order chi connectivity index (χ0) is 14.8. The van der Waals surface area contributed by atoms with Crippen molar-refractivity contribution in [3.63, 3.8) is 0 Å².